The fourth-order valence-electron chi connectivity index (χ4n) is 2.56. The number of aromatic nitrogens is 2. The summed E-state index contributed by atoms with van der Waals surface area (Å²) in [6.07, 6.45) is 0. The molecule has 3 rings (SSSR count). The fraction of sp³-hybridized carbons (Fsp3) is 0.158. The molecule has 0 aliphatic heterocycles. The van der Waals surface area contributed by atoms with Gasteiger partial charge in [-0.15, -0.1) is 0 Å². The first kappa shape index (κ1) is 16.5. The Balaban J connectivity index is 1.95. The zero-order valence-electron chi connectivity index (χ0n) is 13.4. The Morgan fingerprint density at radius 3 is 2.79 bits per heavy atom. The average molecular weight is 384 g/mol. The molecule has 3 aromatic rings. The van der Waals surface area contributed by atoms with Crippen molar-refractivity contribution < 1.29 is 4.79 Å². The third-order valence-corrected chi connectivity index (χ3v) is 4.25. The molecular formula is C19H18BrN3O. The number of para-hydroxylation sites is 2. The second-order valence-electron chi connectivity index (χ2n) is 5.70. The molecule has 5 heteroatoms. The van der Waals surface area contributed by atoms with Gasteiger partial charge in [0.2, 0.25) is 5.91 Å². The van der Waals surface area contributed by atoms with Crippen LogP contribution >= 0.6 is 15.9 Å². The standard InChI is InChI=1S/C19H18BrN3O/c1-13(2)19(24)21-11-18-22-16-8-3-4-9-17(16)23(18)12-14-6-5-7-15(20)10-14/h3-10H,1,11-12H2,2H3,(H,21,24). The Hall–Kier alpha value is -2.40. The number of fused-ring (bicyclic) bond motifs is 1. The molecule has 1 N–H and O–H groups in total. The van der Waals surface area contributed by atoms with Crippen molar-refractivity contribution in [3.05, 3.63) is 76.5 Å². The number of carbonyl (C=O) groups is 1. The van der Waals surface area contributed by atoms with E-state index in [-0.39, 0.29) is 5.91 Å². The van der Waals surface area contributed by atoms with E-state index in [0.29, 0.717) is 18.7 Å². The highest BCUT2D eigenvalue weighted by atomic mass is 79.9. The van der Waals surface area contributed by atoms with Crippen LogP contribution in [0.15, 0.2) is 65.2 Å². The number of carbonyl (C=O) groups excluding carboxylic acids is 1. The molecule has 0 bridgehead atoms. The van der Waals surface area contributed by atoms with E-state index < -0.39 is 0 Å². The number of nitrogens with zero attached hydrogens (tertiary/aromatic N) is 2. The molecule has 0 spiro atoms. The van der Waals surface area contributed by atoms with Crippen molar-refractivity contribution in [1.29, 1.82) is 0 Å². The summed E-state index contributed by atoms with van der Waals surface area (Å²) in [5.41, 5.74) is 3.63. The maximum Gasteiger partial charge on any atom is 0.246 e. The zero-order chi connectivity index (χ0) is 17.1. The van der Waals surface area contributed by atoms with Gasteiger partial charge in [0.1, 0.15) is 5.82 Å². The predicted octanol–water partition coefficient (Wildman–Crippen LogP) is 4.04. The van der Waals surface area contributed by atoms with Crippen LogP contribution in [0.4, 0.5) is 0 Å². The van der Waals surface area contributed by atoms with Gasteiger partial charge in [-0.2, -0.15) is 0 Å². The number of amides is 1. The molecule has 24 heavy (non-hydrogen) atoms. The van der Waals surface area contributed by atoms with Gasteiger partial charge in [0.15, 0.2) is 0 Å². The minimum atomic E-state index is -0.156. The number of imidazole rings is 1. The van der Waals surface area contributed by atoms with E-state index in [1.54, 1.807) is 6.92 Å². The maximum absolute atomic E-state index is 11.8. The van der Waals surface area contributed by atoms with E-state index in [2.05, 4.69) is 49.5 Å². The van der Waals surface area contributed by atoms with Gasteiger partial charge in [-0.3, -0.25) is 4.79 Å². The molecule has 1 amide bonds. The van der Waals surface area contributed by atoms with Gasteiger partial charge in [0.05, 0.1) is 17.6 Å². The molecule has 0 radical (unpaired) electrons. The highest BCUT2D eigenvalue weighted by Gasteiger charge is 2.12. The number of hydrogen-bond donors (Lipinski definition) is 1. The van der Waals surface area contributed by atoms with Crippen molar-refractivity contribution in [3.63, 3.8) is 0 Å². The van der Waals surface area contributed by atoms with E-state index >= 15 is 0 Å². The number of rotatable bonds is 5. The molecule has 0 fully saturated rings. The average Bonchev–Trinajstić information content (AvgIpc) is 2.90. The van der Waals surface area contributed by atoms with Crippen LogP contribution in [0.25, 0.3) is 11.0 Å². The van der Waals surface area contributed by atoms with E-state index in [1.807, 2.05) is 36.4 Å². The van der Waals surface area contributed by atoms with Gasteiger partial charge in [0.25, 0.3) is 0 Å². The van der Waals surface area contributed by atoms with Crippen LogP contribution in [-0.4, -0.2) is 15.5 Å². The Morgan fingerprint density at radius 2 is 2.04 bits per heavy atom. The SMILES string of the molecule is C=C(C)C(=O)NCc1nc2ccccc2n1Cc1cccc(Br)c1. The molecule has 0 unspecified atom stereocenters. The second kappa shape index (κ2) is 7.01. The Bertz CT molecular complexity index is 914. The zero-order valence-corrected chi connectivity index (χ0v) is 15.0. The first-order valence-corrected chi connectivity index (χ1v) is 8.46. The summed E-state index contributed by atoms with van der Waals surface area (Å²) in [6, 6.07) is 16.2. The summed E-state index contributed by atoms with van der Waals surface area (Å²) in [5, 5.41) is 2.87. The maximum atomic E-state index is 11.8. The first-order chi connectivity index (χ1) is 11.5. The lowest BCUT2D eigenvalue weighted by atomic mass is 10.2. The molecule has 0 saturated carbocycles. The topological polar surface area (TPSA) is 46.9 Å². The van der Waals surface area contributed by atoms with E-state index in [1.165, 1.54) is 5.56 Å². The number of benzene rings is 2. The highest BCUT2D eigenvalue weighted by molar-refractivity contribution is 9.10. The Morgan fingerprint density at radius 1 is 1.25 bits per heavy atom. The summed E-state index contributed by atoms with van der Waals surface area (Å²) >= 11 is 3.51. The van der Waals surface area contributed by atoms with Gasteiger partial charge in [-0.05, 0) is 36.8 Å². The lowest BCUT2D eigenvalue weighted by Crippen LogP contribution is -2.25. The molecule has 1 aromatic heterocycles. The smallest absolute Gasteiger partial charge is 0.246 e. The van der Waals surface area contributed by atoms with Gasteiger partial charge >= 0.3 is 0 Å². The summed E-state index contributed by atoms with van der Waals surface area (Å²) < 4.78 is 3.18. The van der Waals surface area contributed by atoms with Crippen LogP contribution in [0.3, 0.4) is 0 Å². The van der Waals surface area contributed by atoms with Crippen LogP contribution in [0.2, 0.25) is 0 Å². The molecule has 122 valence electrons. The molecule has 0 aliphatic rings. The van der Waals surface area contributed by atoms with Crippen LogP contribution < -0.4 is 5.32 Å². The highest BCUT2D eigenvalue weighted by Crippen LogP contribution is 2.19. The van der Waals surface area contributed by atoms with E-state index in [9.17, 15) is 4.79 Å². The van der Waals surface area contributed by atoms with Crippen molar-refractivity contribution in [2.75, 3.05) is 0 Å². The van der Waals surface area contributed by atoms with E-state index in [0.717, 1.165) is 21.3 Å². The van der Waals surface area contributed by atoms with Gasteiger partial charge in [0, 0.05) is 16.6 Å². The lowest BCUT2D eigenvalue weighted by Gasteiger charge is -2.11. The normalized spacial score (nSPS) is 10.8. The van der Waals surface area contributed by atoms with Crippen LogP contribution in [-0.2, 0) is 17.9 Å². The third-order valence-electron chi connectivity index (χ3n) is 3.76. The van der Waals surface area contributed by atoms with Crippen LogP contribution in [0.5, 0.6) is 0 Å². The van der Waals surface area contributed by atoms with Crippen molar-refractivity contribution in [2.24, 2.45) is 0 Å². The number of nitrogens with one attached hydrogen (secondary N) is 1. The molecule has 0 aliphatic carbocycles. The second-order valence-corrected chi connectivity index (χ2v) is 6.61. The monoisotopic (exact) mass is 383 g/mol. The van der Waals surface area contributed by atoms with Crippen LogP contribution in [0, 0.1) is 0 Å². The molecule has 4 nitrogen and oxygen atoms in total. The molecule has 1 heterocycles. The summed E-state index contributed by atoms with van der Waals surface area (Å²) in [7, 11) is 0. The summed E-state index contributed by atoms with van der Waals surface area (Å²) in [4.78, 5) is 16.5. The molecule has 2 aromatic carbocycles. The van der Waals surface area contributed by atoms with Crippen molar-refractivity contribution in [2.45, 2.75) is 20.0 Å². The van der Waals surface area contributed by atoms with Crippen molar-refractivity contribution in [3.8, 4) is 0 Å². The lowest BCUT2D eigenvalue weighted by molar-refractivity contribution is -0.117. The van der Waals surface area contributed by atoms with Gasteiger partial charge in [-0.25, -0.2) is 4.98 Å². The summed E-state index contributed by atoms with van der Waals surface area (Å²) in [5.74, 6) is 0.668. The first-order valence-electron chi connectivity index (χ1n) is 7.67. The molecular weight excluding hydrogens is 366 g/mol. The van der Waals surface area contributed by atoms with Gasteiger partial charge in [-0.1, -0.05) is 46.8 Å². The number of halogens is 1. The Labute approximate surface area is 149 Å². The predicted molar refractivity (Wildman–Crippen MR) is 99.6 cm³/mol. The third kappa shape index (κ3) is 3.57. The number of hydrogen-bond acceptors (Lipinski definition) is 2. The largest absolute Gasteiger partial charge is 0.345 e. The van der Waals surface area contributed by atoms with Crippen LogP contribution in [0.1, 0.15) is 18.3 Å². The van der Waals surface area contributed by atoms with Crippen molar-refractivity contribution >= 4 is 32.9 Å². The fourth-order valence-corrected chi connectivity index (χ4v) is 3.01. The minimum Gasteiger partial charge on any atom is -0.345 e. The molecule has 0 saturated heterocycles. The molecule has 0 atom stereocenters. The quantitative estimate of drug-likeness (QED) is 0.675. The van der Waals surface area contributed by atoms with Gasteiger partial charge < -0.3 is 9.88 Å². The van der Waals surface area contributed by atoms with Crippen molar-refractivity contribution in [1.82, 2.24) is 14.9 Å². The van der Waals surface area contributed by atoms with E-state index in [4.69, 9.17) is 0 Å². The minimum absolute atomic E-state index is 0.156. The Kier molecular flexibility index (Phi) is 4.81. The summed E-state index contributed by atoms with van der Waals surface area (Å²) in [6.45, 7) is 6.42.